The van der Waals surface area contributed by atoms with E-state index in [0.717, 1.165) is 49.7 Å². The van der Waals surface area contributed by atoms with Crippen LogP contribution in [0.3, 0.4) is 0 Å². The third kappa shape index (κ3) is 14.0. The van der Waals surface area contributed by atoms with E-state index < -0.39 is 10.1 Å². The molecule has 0 aliphatic carbocycles. The summed E-state index contributed by atoms with van der Waals surface area (Å²) in [7, 11) is 0.487. The van der Waals surface area contributed by atoms with Gasteiger partial charge in [-0.3, -0.25) is 4.55 Å². The van der Waals surface area contributed by atoms with Gasteiger partial charge in [0.05, 0.1) is 39.5 Å². The van der Waals surface area contributed by atoms with Gasteiger partial charge in [0.2, 0.25) is 0 Å². The highest BCUT2D eigenvalue weighted by Crippen LogP contribution is 2.08. The molecule has 0 saturated carbocycles. The Kier molecular flexibility index (Phi) is 10.3. The average Bonchev–Trinajstić information content (AvgIpc) is 2.41. The average molecular weight is 336 g/mol. The molecule has 0 unspecified atom stereocenters. The van der Waals surface area contributed by atoms with Gasteiger partial charge in [-0.25, -0.2) is 4.79 Å². The summed E-state index contributed by atoms with van der Waals surface area (Å²) < 4.78 is 35.5. The second-order valence-electron chi connectivity index (χ2n) is 6.16. The van der Waals surface area contributed by atoms with Gasteiger partial charge in [-0.2, -0.15) is 8.42 Å². The molecule has 22 heavy (non-hydrogen) atoms. The summed E-state index contributed by atoms with van der Waals surface area (Å²) in [4.78, 5) is 10.9. The van der Waals surface area contributed by atoms with Crippen LogP contribution in [0, 0.1) is 0 Å². The number of hydrogen-bond donors (Lipinski definition) is 1. The molecule has 1 N–H and O–H groups in total. The summed E-state index contributed by atoms with van der Waals surface area (Å²) in [5, 5.41) is 0. The molecule has 0 bridgehead atoms. The molecule has 0 saturated heterocycles. The van der Waals surface area contributed by atoms with Crippen molar-refractivity contribution in [3.05, 3.63) is 12.7 Å². The summed E-state index contributed by atoms with van der Waals surface area (Å²) in [6.07, 6.45) is 6.44. The van der Waals surface area contributed by atoms with E-state index in [1.54, 1.807) is 0 Å². The van der Waals surface area contributed by atoms with Gasteiger partial charge in [0.1, 0.15) is 0 Å². The van der Waals surface area contributed by atoms with Crippen molar-refractivity contribution < 1.29 is 27.0 Å². The first-order valence-electron chi connectivity index (χ1n) is 7.73. The summed E-state index contributed by atoms with van der Waals surface area (Å²) in [6, 6.07) is 0. The molecule has 0 aromatic rings. The number of rotatable bonds is 13. The minimum absolute atomic E-state index is 0.141. The van der Waals surface area contributed by atoms with E-state index in [-0.39, 0.29) is 11.7 Å². The first-order valence-corrected chi connectivity index (χ1v) is 9.33. The highest BCUT2D eigenvalue weighted by molar-refractivity contribution is 7.85. The molecule has 0 aliphatic rings. The fourth-order valence-electron chi connectivity index (χ4n) is 2.19. The van der Waals surface area contributed by atoms with Gasteiger partial charge in [-0.05, 0) is 19.3 Å². The lowest BCUT2D eigenvalue weighted by molar-refractivity contribution is -0.890. The topological polar surface area (TPSA) is 80.7 Å². The maximum Gasteiger partial charge on any atom is 0.330 e. The molecular formula is C15H30NO5S+. The van der Waals surface area contributed by atoms with E-state index in [0.29, 0.717) is 13.0 Å². The SMILES string of the molecule is C=CC(=O)OCCC[N+](C)(C)CCCCCCCS(=O)(=O)O. The van der Waals surface area contributed by atoms with Gasteiger partial charge in [-0.1, -0.05) is 19.4 Å². The normalized spacial score (nSPS) is 12.1. The molecule has 0 spiro atoms. The van der Waals surface area contributed by atoms with Crippen LogP contribution in [0.4, 0.5) is 0 Å². The molecule has 0 atom stereocenters. The van der Waals surface area contributed by atoms with Crippen LogP contribution in [0.15, 0.2) is 12.7 Å². The zero-order chi connectivity index (χ0) is 17.1. The maximum atomic E-state index is 10.9. The summed E-state index contributed by atoms with van der Waals surface area (Å²) in [5.41, 5.74) is 0. The zero-order valence-corrected chi connectivity index (χ0v) is 14.6. The van der Waals surface area contributed by atoms with E-state index in [1.807, 2.05) is 0 Å². The minimum atomic E-state index is -3.81. The number of nitrogens with zero attached hydrogens (tertiary/aromatic N) is 1. The quantitative estimate of drug-likeness (QED) is 0.183. The van der Waals surface area contributed by atoms with Crippen LogP contribution in [-0.4, -0.2) is 63.0 Å². The Balaban J connectivity index is 3.59. The molecule has 130 valence electrons. The van der Waals surface area contributed by atoms with E-state index in [1.165, 1.54) is 6.08 Å². The maximum absolute atomic E-state index is 10.9. The van der Waals surface area contributed by atoms with Crippen LogP contribution in [0.25, 0.3) is 0 Å². The Labute approximate surface area is 134 Å². The fraction of sp³-hybridized carbons (Fsp3) is 0.800. The summed E-state index contributed by atoms with van der Waals surface area (Å²) in [6.45, 7) is 5.74. The lowest BCUT2D eigenvalue weighted by Gasteiger charge is -2.29. The Bertz CT molecular complexity index is 431. The van der Waals surface area contributed by atoms with Crippen LogP contribution in [0.5, 0.6) is 0 Å². The van der Waals surface area contributed by atoms with E-state index in [2.05, 4.69) is 20.7 Å². The van der Waals surface area contributed by atoms with Crippen molar-refractivity contribution in [2.24, 2.45) is 0 Å². The molecule has 0 heterocycles. The molecule has 0 aliphatic heterocycles. The molecule has 0 aromatic heterocycles. The largest absolute Gasteiger partial charge is 0.462 e. The first kappa shape index (κ1) is 21.1. The number of ether oxygens (including phenoxy) is 1. The molecule has 0 rings (SSSR count). The predicted octanol–water partition coefficient (Wildman–Crippen LogP) is 2.02. The van der Waals surface area contributed by atoms with Gasteiger partial charge < -0.3 is 9.22 Å². The standard InChI is InChI=1S/C15H29NO5S/c1-4-15(17)21-13-10-12-16(2,3)11-8-6-5-7-9-14-22(18,19)20/h4H,1,5-14H2,2-3H3/p+1. The second kappa shape index (κ2) is 10.7. The third-order valence-electron chi connectivity index (χ3n) is 3.48. The Morgan fingerprint density at radius 2 is 1.64 bits per heavy atom. The molecule has 6 nitrogen and oxygen atoms in total. The van der Waals surface area contributed by atoms with Gasteiger partial charge >= 0.3 is 5.97 Å². The Morgan fingerprint density at radius 1 is 1.09 bits per heavy atom. The van der Waals surface area contributed by atoms with Gasteiger partial charge in [-0.15, -0.1) is 0 Å². The summed E-state index contributed by atoms with van der Waals surface area (Å²) in [5.74, 6) is -0.520. The molecule has 7 heteroatoms. The molecular weight excluding hydrogens is 306 g/mol. The second-order valence-corrected chi connectivity index (χ2v) is 7.73. The van der Waals surface area contributed by atoms with Crippen LogP contribution < -0.4 is 0 Å². The smallest absolute Gasteiger partial charge is 0.330 e. The number of quaternary nitrogens is 1. The first-order chi connectivity index (χ1) is 10.2. The lowest BCUT2D eigenvalue weighted by atomic mass is 10.1. The van der Waals surface area contributed by atoms with Crippen LogP contribution >= 0.6 is 0 Å². The van der Waals surface area contributed by atoms with Crippen molar-refractivity contribution in [2.75, 3.05) is 39.5 Å². The van der Waals surface area contributed by atoms with Crippen molar-refractivity contribution in [1.82, 2.24) is 0 Å². The number of carbonyl (C=O) groups excluding carboxylic acids is 1. The number of esters is 1. The molecule has 0 amide bonds. The van der Waals surface area contributed by atoms with Crippen molar-refractivity contribution in [3.63, 3.8) is 0 Å². The van der Waals surface area contributed by atoms with Crippen LogP contribution in [0.2, 0.25) is 0 Å². The van der Waals surface area contributed by atoms with Crippen molar-refractivity contribution in [2.45, 2.75) is 38.5 Å². The van der Waals surface area contributed by atoms with Gasteiger partial charge in [0.25, 0.3) is 10.1 Å². The third-order valence-corrected chi connectivity index (χ3v) is 4.29. The highest BCUT2D eigenvalue weighted by Gasteiger charge is 2.14. The van der Waals surface area contributed by atoms with Crippen LogP contribution in [0.1, 0.15) is 38.5 Å². The zero-order valence-electron chi connectivity index (χ0n) is 13.8. The molecule has 0 aromatic carbocycles. The van der Waals surface area contributed by atoms with Crippen molar-refractivity contribution >= 4 is 16.1 Å². The minimum Gasteiger partial charge on any atom is -0.462 e. The van der Waals surface area contributed by atoms with Gasteiger partial charge in [0.15, 0.2) is 0 Å². The predicted molar refractivity (Wildman–Crippen MR) is 87.1 cm³/mol. The monoisotopic (exact) mass is 336 g/mol. The van der Waals surface area contributed by atoms with Crippen molar-refractivity contribution in [1.29, 1.82) is 0 Å². The van der Waals surface area contributed by atoms with Gasteiger partial charge in [0, 0.05) is 12.5 Å². The van der Waals surface area contributed by atoms with E-state index in [4.69, 9.17) is 9.29 Å². The molecule has 0 radical (unpaired) electrons. The van der Waals surface area contributed by atoms with Crippen LogP contribution in [-0.2, 0) is 19.6 Å². The Morgan fingerprint density at radius 3 is 2.23 bits per heavy atom. The summed E-state index contributed by atoms with van der Waals surface area (Å²) >= 11 is 0. The van der Waals surface area contributed by atoms with E-state index >= 15 is 0 Å². The highest BCUT2D eigenvalue weighted by atomic mass is 32.2. The number of carbonyl (C=O) groups is 1. The number of hydrogen-bond acceptors (Lipinski definition) is 4. The Hall–Kier alpha value is -0.920. The fourth-order valence-corrected chi connectivity index (χ4v) is 2.76. The number of unbranched alkanes of at least 4 members (excludes halogenated alkanes) is 4. The molecule has 0 fully saturated rings. The lowest BCUT2D eigenvalue weighted by Crippen LogP contribution is -2.41. The van der Waals surface area contributed by atoms with Crippen molar-refractivity contribution in [3.8, 4) is 0 Å². The van der Waals surface area contributed by atoms with E-state index in [9.17, 15) is 13.2 Å².